The number of carbonyl (C=O) groups excluding carboxylic acids is 7. The molecule has 0 amide bonds. The molecule has 4 fully saturated rings. The first-order chi connectivity index (χ1) is 23.7. The fraction of sp³-hybridized carbons (Fsp3) is 0.649. The highest BCUT2D eigenvalue weighted by molar-refractivity contribution is 5.90. The van der Waals surface area contributed by atoms with Gasteiger partial charge in [0.25, 0.3) is 0 Å². The minimum Gasteiger partial charge on any atom is -0.459 e. The summed E-state index contributed by atoms with van der Waals surface area (Å²) in [6.07, 6.45) is -6.55. The fourth-order valence-corrected chi connectivity index (χ4v) is 9.77. The molecule has 2 bridgehead atoms. The number of ether oxygens (including phenoxy) is 6. The van der Waals surface area contributed by atoms with Gasteiger partial charge in [-0.2, -0.15) is 0 Å². The molecule has 51 heavy (non-hydrogen) atoms. The van der Waals surface area contributed by atoms with Crippen molar-refractivity contribution in [2.75, 3.05) is 6.61 Å². The first-order valence-electron chi connectivity index (χ1n) is 17.1. The Morgan fingerprint density at radius 3 is 1.96 bits per heavy atom. The van der Waals surface area contributed by atoms with Crippen molar-refractivity contribution in [1.82, 2.24) is 0 Å². The number of rotatable bonds is 8. The second kappa shape index (κ2) is 13.3. The van der Waals surface area contributed by atoms with Gasteiger partial charge < -0.3 is 33.5 Å². The molecule has 0 unspecified atom stereocenters. The largest absolute Gasteiger partial charge is 0.459 e. The van der Waals surface area contributed by atoms with Gasteiger partial charge in [0, 0.05) is 45.4 Å². The van der Waals surface area contributed by atoms with Gasteiger partial charge in [-0.3, -0.25) is 24.0 Å². The Bertz CT molecular complexity index is 1620. The Morgan fingerprint density at radius 1 is 0.784 bits per heavy atom. The van der Waals surface area contributed by atoms with Crippen LogP contribution >= 0.6 is 0 Å². The van der Waals surface area contributed by atoms with Crippen LogP contribution in [0.25, 0.3) is 0 Å². The van der Waals surface area contributed by atoms with E-state index in [4.69, 9.17) is 28.4 Å². The minimum atomic E-state index is -2.22. The Labute approximate surface area is 295 Å². The molecule has 1 aromatic carbocycles. The van der Waals surface area contributed by atoms with E-state index < -0.39 is 113 Å². The summed E-state index contributed by atoms with van der Waals surface area (Å²) in [5.41, 5.74) is -6.86. The Morgan fingerprint density at radius 2 is 1.39 bits per heavy atom. The molecular formula is C37H46O14. The molecule has 0 radical (unpaired) electrons. The lowest BCUT2D eigenvalue weighted by Gasteiger charge is -2.58. The van der Waals surface area contributed by atoms with Crippen LogP contribution in [-0.2, 0) is 57.2 Å². The maximum Gasteiger partial charge on any atom is 0.344 e. The Hall–Kier alpha value is -4.33. The molecule has 4 aliphatic rings. The first-order valence-corrected chi connectivity index (χ1v) is 17.1. The monoisotopic (exact) mass is 714 g/mol. The third kappa shape index (κ3) is 6.40. The molecule has 1 N–H and O–H groups in total. The second-order valence-electron chi connectivity index (χ2n) is 15.4. The molecule has 0 heterocycles. The summed E-state index contributed by atoms with van der Waals surface area (Å²) < 4.78 is 35.5. The van der Waals surface area contributed by atoms with E-state index >= 15 is 0 Å². The van der Waals surface area contributed by atoms with E-state index in [1.807, 2.05) is 0 Å². The second-order valence-corrected chi connectivity index (χ2v) is 15.4. The van der Waals surface area contributed by atoms with Gasteiger partial charge in [-0.05, 0) is 36.8 Å². The van der Waals surface area contributed by atoms with E-state index in [0.29, 0.717) is 0 Å². The number of Topliss-reactive ketones (excluding diaryl/α,β-unsaturated/α-hetero) is 1. The number of benzene rings is 1. The van der Waals surface area contributed by atoms with Crippen LogP contribution in [0.5, 0.6) is 0 Å². The molecule has 4 aliphatic carbocycles. The van der Waals surface area contributed by atoms with Gasteiger partial charge in [-0.1, -0.05) is 45.9 Å². The molecule has 5 rings (SSSR count). The lowest BCUT2D eigenvalue weighted by atomic mass is 9.53. The van der Waals surface area contributed by atoms with Crippen molar-refractivity contribution in [3.05, 3.63) is 35.9 Å². The van der Waals surface area contributed by atoms with Crippen molar-refractivity contribution in [3.8, 4) is 0 Å². The molecule has 14 heteroatoms. The van der Waals surface area contributed by atoms with Crippen LogP contribution in [0.2, 0.25) is 0 Å². The van der Waals surface area contributed by atoms with Crippen LogP contribution in [0.1, 0.15) is 85.0 Å². The van der Waals surface area contributed by atoms with Crippen molar-refractivity contribution in [3.63, 3.8) is 0 Å². The van der Waals surface area contributed by atoms with Gasteiger partial charge in [0.1, 0.15) is 23.6 Å². The smallest absolute Gasteiger partial charge is 0.344 e. The summed E-state index contributed by atoms with van der Waals surface area (Å²) in [6, 6.07) is 8.03. The SMILES string of the molecule is CC(=O)OCC(=O)O[C@@H]1[C@H]2[C@@H](OC(=O)c3ccccc3)[C@@H](C)C[C@]2(O)[C@H](OC(C)=O)[C@@]2(C)[C@H]3CC(C)(C)C(=O)[C@@H]3C[C@@]1(OC(C)=O)[C@@H]2OC(C)=O. The highest BCUT2D eigenvalue weighted by atomic mass is 16.6. The van der Waals surface area contributed by atoms with Crippen molar-refractivity contribution < 1.29 is 67.1 Å². The van der Waals surface area contributed by atoms with Crippen LogP contribution in [0, 0.1) is 34.5 Å². The van der Waals surface area contributed by atoms with Gasteiger partial charge in [0.05, 0.1) is 16.9 Å². The molecule has 4 saturated carbocycles. The molecule has 278 valence electrons. The zero-order valence-corrected chi connectivity index (χ0v) is 30.1. The van der Waals surface area contributed by atoms with Crippen molar-refractivity contribution in [2.24, 2.45) is 34.5 Å². The summed E-state index contributed by atoms with van der Waals surface area (Å²) in [4.78, 5) is 92.6. The number of hydrogen-bond acceptors (Lipinski definition) is 14. The maximum atomic E-state index is 14.2. The zero-order chi connectivity index (χ0) is 37.8. The number of hydrogen-bond donors (Lipinski definition) is 1. The third-order valence-electron chi connectivity index (χ3n) is 11.3. The number of aliphatic hydroxyl groups is 1. The van der Waals surface area contributed by atoms with E-state index in [0.717, 1.165) is 27.7 Å². The van der Waals surface area contributed by atoms with Gasteiger partial charge in [0.2, 0.25) is 0 Å². The highest BCUT2D eigenvalue weighted by Gasteiger charge is 2.82. The van der Waals surface area contributed by atoms with Crippen LogP contribution in [0.4, 0.5) is 0 Å². The van der Waals surface area contributed by atoms with Crippen molar-refractivity contribution in [2.45, 2.75) is 110 Å². The number of fused-ring (bicyclic) bond motifs is 5. The predicted molar refractivity (Wildman–Crippen MR) is 173 cm³/mol. The van der Waals surface area contributed by atoms with E-state index in [1.54, 1.807) is 45.9 Å². The van der Waals surface area contributed by atoms with E-state index in [-0.39, 0.29) is 30.6 Å². The summed E-state index contributed by atoms with van der Waals surface area (Å²) in [6.45, 7) is 10.4. The molecule has 14 nitrogen and oxygen atoms in total. The highest BCUT2D eigenvalue weighted by Crippen LogP contribution is 2.69. The number of carbonyl (C=O) groups is 7. The third-order valence-corrected chi connectivity index (χ3v) is 11.3. The zero-order valence-electron chi connectivity index (χ0n) is 30.1. The van der Waals surface area contributed by atoms with Gasteiger partial charge in [0.15, 0.2) is 24.4 Å². The van der Waals surface area contributed by atoms with E-state index in [9.17, 15) is 38.7 Å². The van der Waals surface area contributed by atoms with Gasteiger partial charge in [-0.25, -0.2) is 9.59 Å². The average molecular weight is 715 g/mol. The number of ketones is 1. The summed E-state index contributed by atoms with van der Waals surface area (Å²) in [7, 11) is 0. The molecular weight excluding hydrogens is 668 g/mol. The first kappa shape index (κ1) is 37.9. The Kier molecular flexibility index (Phi) is 9.91. The van der Waals surface area contributed by atoms with E-state index in [1.165, 1.54) is 12.1 Å². The van der Waals surface area contributed by atoms with Gasteiger partial charge >= 0.3 is 35.8 Å². The van der Waals surface area contributed by atoms with Crippen molar-refractivity contribution in [1.29, 1.82) is 0 Å². The quantitative estimate of drug-likeness (QED) is 0.305. The standard InChI is InChI=1S/C37H46O14/c1-18-14-36(45)27(28(18)50-31(44)23-12-10-9-11-13-23)30(49-26(42)17-46-19(2)38)37(51-22(5)41)15-24-25(16-34(6,7)29(24)43)35(8,32(36)47-20(3)39)33(37)48-21(4)40/h9-13,18,24-25,27-28,30,32-33,45H,14-17H2,1-8H3/t18-,24+,25-,27+,28-,30+,32+,33+,35+,36+,37-/m0/s1. The molecule has 0 aliphatic heterocycles. The number of esters is 6. The predicted octanol–water partition coefficient (Wildman–Crippen LogP) is 2.89. The summed E-state index contributed by atoms with van der Waals surface area (Å²) >= 11 is 0. The van der Waals surface area contributed by atoms with Gasteiger partial charge in [-0.15, -0.1) is 0 Å². The van der Waals surface area contributed by atoms with Crippen LogP contribution in [0.3, 0.4) is 0 Å². The maximum absolute atomic E-state index is 14.2. The van der Waals surface area contributed by atoms with Crippen LogP contribution in [0.15, 0.2) is 30.3 Å². The molecule has 0 saturated heterocycles. The Balaban J connectivity index is 1.85. The van der Waals surface area contributed by atoms with Crippen LogP contribution in [-0.4, -0.2) is 88.9 Å². The minimum absolute atomic E-state index is 0.175. The molecule has 1 aromatic rings. The molecule has 0 spiro atoms. The molecule has 0 aromatic heterocycles. The van der Waals surface area contributed by atoms with Crippen molar-refractivity contribution >= 4 is 41.6 Å². The average Bonchev–Trinajstić information content (AvgIpc) is 3.41. The summed E-state index contributed by atoms with van der Waals surface area (Å²) in [5, 5.41) is 13.2. The molecule has 11 atom stereocenters. The fourth-order valence-electron chi connectivity index (χ4n) is 9.77. The normalized spacial score (nSPS) is 37.5. The van der Waals surface area contributed by atoms with E-state index in [2.05, 4.69) is 0 Å². The lowest BCUT2D eigenvalue weighted by Crippen LogP contribution is -2.70. The lowest BCUT2D eigenvalue weighted by molar-refractivity contribution is -0.269. The van der Waals surface area contributed by atoms with Crippen LogP contribution < -0.4 is 0 Å². The summed E-state index contributed by atoms with van der Waals surface area (Å²) in [5.74, 6) is -9.32. The topological polar surface area (TPSA) is 195 Å².